The van der Waals surface area contributed by atoms with Gasteiger partial charge in [-0.3, -0.25) is 14.5 Å². The lowest BCUT2D eigenvalue weighted by Crippen LogP contribution is -2.52. The molecule has 1 amide bonds. The standard InChI is InChI=1S/C19H21ClN2O4/c20-13-4-2-1-3-12(13)11-21-7-9-22(10-8-21)18(23)16-14-5-6-15(26-14)17(16)19(24)25/h1-6,14-17H,7-11H2,(H,24,25). The third-order valence-electron chi connectivity index (χ3n) is 5.51. The zero-order chi connectivity index (χ0) is 18.3. The predicted octanol–water partition coefficient (Wildman–Crippen LogP) is 1.64. The Balaban J connectivity index is 1.37. The molecule has 3 aliphatic rings. The number of piperazine rings is 1. The van der Waals surface area contributed by atoms with Gasteiger partial charge in [-0.05, 0) is 11.6 Å². The van der Waals surface area contributed by atoms with Gasteiger partial charge in [0.25, 0.3) is 0 Å². The van der Waals surface area contributed by atoms with Gasteiger partial charge in [0.15, 0.2) is 0 Å². The highest BCUT2D eigenvalue weighted by Gasteiger charge is 2.54. The fraction of sp³-hybridized carbons (Fsp3) is 0.474. The number of hydrogen-bond acceptors (Lipinski definition) is 4. The van der Waals surface area contributed by atoms with E-state index in [1.807, 2.05) is 30.3 Å². The van der Waals surface area contributed by atoms with Crippen LogP contribution in [0.4, 0.5) is 0 Å². The Hall–Kier alpha value is -1.89. The van der Waals surface area contributed by atoms with E-state index < -0.39 is 30.0 Å². The van der Waals surface area contributed by atoms with Crippen LogP contribution in [0.15, 0.2) is 36.4 Å². The van der Waals surface area contributed by atoms with Crippen LogP contribution in [0.5, 0.6) is 0 Å². The van der Waals surface area contributed by atoms with Crippen molar-refractivity contribution in [1.29, 1.82) is 0 Å². The number of amides is 1. The molecule has 0 aromatic heterocycles. The molecule has 1 aromatic rings. The maximum Gasteiger partial charge on any atom is 0.310 e. The molecule has 4 atom stereocenters. The number of nitrogens with zero attached hydrogens (tertiary/aromatic N) is 2. The van der Waals surface area contributed by atoms with Gasteiger partial charge in [-0.1, -0.05) is 42.0 Å². The fourth-order valence-electron chi connectivity index (χ4n) is 4.10. The molecule has 2 saturated heterocycles. The average Bonchev–Trinajstić information content (AvgIpc) is 3.25. The molecule has 4 rings (SSSR count). The van der Waals surface area contributed by atoms with E-state index in [0.717, 1.165) is 30.2 Å². The first kappa shape index (κ1) is 17.5. The lowest BCUT2D eigenvalue weighted by molar-refractivity contribution is -0.150. The second kappa shape index (κ2) is 7.02. The van der Waals surface area contributed by atoms with Gasteiger partial charge < -0.3 is 14.7 Å². The maximum atomic E-state index is 12.9. The van der Waals surface area contributed by atoms with Crippen molar-refractivity contribution in [2.75, 3.05) is 26.2 Å². The average molecular weight is 377 g/mol. The van der Waals surface area contributed by atoms with Gasteiger partial charge in [0.2, 0.25) is 5.91 Å². The Bertz CT molecular complexity index is 745. The van der Waals surface area contributed by atoms with Crippen LogP contribution in [0.3, 0.4) is 0 Å². The van der Waals surface area contributed by atoms with Gasteiger partial charge in [0.05, 0.1) is 18.1 Å². The monoisotopic (exact) mass is 376 g/mol. The molecular weight excluding hydrogens is 356 g/mol. The topological polar surface area (TPSA) is 70.1 Å². The van der Waals surface area contributed by atoms with E-state index in [-0.39, 0.29) is 5.91 Å². The van der Waals surface area contributed by atoms with Crippen molar-refractivity contribution < 1.29 is 19.4 Å². The van der Waals surface area contributed by atoms with Crippen LogP contribution in [0.25, 0.3) is 0 Å². The largest absolute Gasteiger partial charge is 0.481 e. The summed E-state index contributed by atoms with van der Waals surface area (Å²) in [6.45, 7) is 3.41. The predicted molar refractivity (Wildman–Crippen MR) is 95.7 cm³/mol. The summed E-state index contributed by atoms with van der Waals surface area (Å²) in [5.41, 5.74) is 1.08. The summed E-state index contributed by atoms with van der Waals surface area (Å²) in [6.07, 6.45) is 2.69. The van der Waals surface area contributed by atoms with E-state index in [9.17, 15) is 14.7 Å². The number of carboxylic acids is 1. The zero-order valence-electron chi connectivity index (χ0n) is 14.3. The van der Waals surface area contributed by atoms with E-state index in [1.165, 1.54) is 0 Å². The highest BCUT2D eigenvalue weighted by molar-refractivity contribution is 6.31. The van der Waals surface area contributed by atoms with Crippen LogP contribution < -0.4 is 0 Å². The lowest BCUT2D eigenvalue weighted by atomic mass is 9.82. The number of halogens is 1. The molecule has 2 fully saturated rings. The van der Waals surface area contributed by atoms with Crippen LogP contribution in [0.2, 0.25) is 5.02 Å². The Labute approximate surface area is 157 Å². The second-order valence-corrected chi connectivity index (χ2v) is 7.44. The van der Waals surface area contributed by atoms with Crippen molar-refractivity contribution in [3.05, 3.63) is 47.0 Å². The molecule has 3 heterocycles. The number of ether oxygens (including phenoxy) is 1. The second-order valence-electron chi connectivity index (χ2n) is 7.03. The number of aliphatic carboxylic acids is 1. The Morgan fingerprint density at radius 3 is 2.38 bits per heavy atom. The third-order valence-corrected chi connectivity index (χ3v) is 5.87. The van der Waals surface area contributed by atoms with Crippen LogP contribution in [0.1, 0.15) is 5.56 Å². The van der Waals surface area contributed by atoms with Crippen molar-refractivity contribution in [3.8, 4) is 0 Å². The molecule has 0 spiro atoms. The van der Waals surface area contributed by atoms with Crippen molar-refractivity contribution in [1.82, 2.24) is 9.80 Å². The number of carbonyl (C=O) groups excluding carboxylic acids is 1. The van der Waals surface area contributed by atoms with Crippen LogP contribution in [-0.4, -0.2) is 65.2 Å². The lowest BCUT2D eigenvalue weighted by Gasteiger charge is -2.37. The first-order valence-electron chi connectivity index (χ1n) is 8.86. The molecule has 0 saturated carbocycles. The van der Waals surface area contributed by atoms with E-state index in [2.05, 4.69) is 4.90 Å². The summed E-state index contributed by atoms with van der Waals surface area (Å²) < 4.78 is 5.62. The maximum absolute atomic E-state index is 12.9. The Morgan fingerprint density at radius 2 is 1.73 bits per heavy atom. The number of carbonyl (C=O) groups is 2. The molecule has 0 aliphatic carbocycles. The summed E-state index contributed by atoms with van der Waals surface area (Å²) in [5.74, 6) is -2.46. The first-order chi connectivity index (χ1) is 12.5. The summed E-state index contributed by atoms with van der Waals surface area (Å²) in [7, 11) is 0. The van der Waals surface area contributed by atoms with Gasteiger partial charge in [-0.2, -0.15) is 0 Å². The minimum absolute atomic E-state index is 0.105. The van der Waals surface area contributed by atoms with Crippen molar-refractivity contribution in [3.63, 3.8) is 0 Å². The molecule has 1 N–H and O–H groups in total. The minimum atomic E-state index is -0.961. The number of rotatable bonds is 4. The van der Waals surface area contributed by atoms with Crippen LogP contribution >= 0.6 is 11.6 Å². The smallest absolute Gasteiger partial charge is 0.310 e. The van der Waals surface area contributed by atoms with Gasteiger partial charge in [-0.25, -0.2) is 0 Å². The van der Waals surface area contributed by atoms with Gasteiger partial charge in [0, 0.05) is 37.7 Å². The Morgan fingerprint density at radius 1 is 1.08 bits per heavy atom. The fourth-order valence-corrected chi connectivity index (χ4v) is 4.30. The van der Waals surface area contributed by atoms with Crippen molar-refractivity contribution in [2.24, 2.45) is 11.8 Å². The molecule has 3 aliphatic heterocycles. The SMILES string of the molecule is O=C(O)C1C2C=CC(O2)C1C(=O)N1CCN(Cc2ccccc2Cl)CC1. The summed E-state index contributed by atoms with van der Waals surface area (Å²) >= 11 is 6.22. The molecule has 2 bridgehead atoms. The number of carboxylic acid groups (broad SMARTS) is 1. The number of fused-ring (bicyclic) bond motifs is 2. The molecule has 0 radical (unpaired) electrons. The molecule has 138 valence electrons. The van der Waals surface area contributed by atoms with E-state index >= 15 is 0 Å². The van der Waals surface area contributed by atoms with Gasteiger partial charge in [0.1, 0.15) is 5.92 Å². The highest BCUT2D eigenvalue weighted by atomic mass is 35.5. The third kappa shape index (κ3) is 3.13. The number of hydrogen-bond donors (Lipinski definition) is 1. The van der Waals surface area contributed by atoms with Gasteiger partial charge in [-0.15, -0.1) is 0 Å². The molecule has 1 aromatic carbocycles. The summed E-state index contributed by atoms with van der Waals surface area (Å²) in [6, 6.07) is 7.77. The highest BCUT2D eigenvalue weighted by Crippen LogP contribution is 2.40. The molecule has 4 unspecified atom stereocenters. The van der Waals surface area contributed by atoms with E-state index in [0.29, 0.717) is 13.1 Å². The summed E-state index contributed by atoms with van der Waals surface area (Å²) in [5, 5.41) is 10.2. The molecule has 6 nitrogen and oxygen atoms in total. The van der Waals surface area contributed by atoms with Crippen molar-refractivity contribution >= 4 is 23.5 Å². The van der Waals surface area contributed by atoms with Crippen LogP contribution in [-0.2, 0) is 20.9 Å². The molecule has 26 heavy (non-hydrogen) atoms. The molecule has 7 heteroatoms. The molecular formula is C19H21ClN2O4. The normalized spacial score (nSPS) is 30.7. The number of benzene rings is 1. The Kier molecular flexibility index (Phi) is 4.73. The quantitative estimate of drug-likeness (QED) is 0.809. The zero-order valence-corrected chi connectivity index (χ0v) is 15.0. The van der Waals surface area contributed by atoms with E-state index in [1.54, 1.807) is 11.0 Å². The summed E-state index contributed by atoms with van der Waals surface area (Å²) in [4.78, 5) is 28.5. The van der Waals surface area contributed by atoms with E-state index in [4.69, 9.17) is 16.3 Å². The first-order valence-corrected chi connectivity index (χ1v) is 9.23. The minimum Gasteiger partial charge on any atom is -0.481 e. The van der Waals surface area contributed by atoms with Gasteiger partial charge >= 0.3 is 5.97 Å². The van der Waals surface area contributed by atoms with Crippen molar-refractivity contribution in [2.45, 2.75) is 18.8 Å². The van der Waals surface area contributed by atoms with Crippen LogP contribution in [0, 0.1) is 11.8 Å².